The topological polar surface area (TPSA) is 75.6 Å². The number of hydrogen-bond donors (Lipinski definition) is 2. The van der Waals surface area contributed by atoms with E-state index < -0.39 is 10.0 Å². The molecule has 104 valence electrons. The fourth-order valence-electron chi connectivity index (χ4n) is 1.13. The van der Waals surface area contributed by atoms with Crippen molar-refractivity contribution in [3.63, 3.8) is 0 Å². The predicted molar refractivity (Wildman–Crippen MR) is 72.0 cm³/mol. The quantitative estimate of drug-likeness (QED) is 0.710. The van der Waals surface area contributed by atoms with E-state index in [1.807, 2.05) is 0 Å². The summed E-state index contributed by atoms with van der Waals surface area (Å²) in [4.78, 5) is -0.00422. The van der Waals surface area contributed by atoms with E-state index in [0.717, 1.165) is 11.3 Å². The van der Waals surface area contributed by atoms with Crippen molar-refractivity contribution in [1.29, 1.82) is 0 Å². The van der Waals surface area contributed by atoms with Crippen LogP contribution in [0.2, 0.25) is 8.67 Å². The number of halogens is 2. The van der Waals surface area contributed by atoms with Crippen molar-refractivity contribution in [2.24, 2.45) is 0 Å². The molecule has 9 heteroatoms. The second kappa shape index (κ2) is 7.64. The largest absolute Gasteiger partial charge is 0.394 e. The Balaban J connectivity index is 2.43. The Hall–Kier alpha value is 0.110. The second-order valence-electron chi connectivity index (χ2n) is 3.28. The Labute approximate surface area is 120 Å². The number of nitrogens with one attached hydrogen (secondary N) is 1. The lowest BCUT2D eigenvalue weighted by Crippen LogP contribution is -2.25. The number of aliphatic hydroxyl groups is 1. The number of rotatable bonds is 8. The first-order valence-corrected chi connectivity index (χ1v) is 8.16. The maximum atomic E-state index is 11.8. The lowest BCUT2D eigenvalue weighted by atomic mass is 10.5. The van der Waals surface area contributed by atoms with Crippen LogP contribution in [0, 0.1) is 0 Å². The van der Waals surface area contributed by atoms with Gasteiger partial charge in [-0.25, -0.2) is 13.1 Å². The van der Waals surface area contributed by atoms with Gasteiger partial charge < -0.3 is 9.84 Å². The number of thiophene rings is 1. The van der Waals surface area contributed by atoms with Crippen LogP contribution in [0.3, 0.4) is 0 Å². The van der Waals surface area contributed by atoms with Gasteiger partial charge in [0.15, 0.2) is 0 Å². The maximum Gasteiger partial charge on any atom is 0.242 e. The highest BCUT2D eigenvalue weighted by Crippen LogP contribution is 2.33. The van der Waals surface area contributed by atoms with Crippen LogP contribution in [0.5, 0.6) is 0 Å². The summed E-state index contributed by atoms with van der Waals surface area (Å²) in [5.74, 6) is 0. The van der Waals surface area contributed by atoms with Crippen molar-refractivity contribution < 1.29 is 18.3 Å². The van der Waals surface area contributed by atoms with E-state index >= 15 is 0 Å². The van der Waals surface area contributed by atoms with Crippen molar-refractivity contribution in [3.05, 3.63) is 14.7 Å². The van der Waals surface area contributed by atoms with Crippen LogP contribution in [0.25, 0.3) is 0 Å². The zero-order valence-corrected chi connectivity index (χ0v) is 12.5. The molecule has 5 nitrogen and oxygen atoms in total. The molecule has 0 saturated heterocycles. The normalized spacial score (nSPS) is 11.9. The molecule has 0 atom stereocenters. The smallest absolute Gasteiger partial charge is 0.242 e. The monoisotopic (exact) mass is 333 g/mol. The molecule has 0 aliphatic carbocycles. The van der Waals surface area contributed by atoms with Crippen LogP contribution >= 0.6 is 34.5 Å². The van der Waals surface area contributed by atoms with Gasteiger partial charge >= 0.3 is 0 Å². The van der Waals surface area contributed by atoms with Gasteiger partial charge in [-0.1, -0.05) is 23.2 Å². The zero-order chi connectivity index (χ0) is 13.6. The van der Waals surface area contributed by atoms with Gasteiger partial charge in [0.1, 0.15) is 9.23 Å². The molecule has 0 fully saturated rings. The van der Waals surface area contributed by atoms with Gasteiger partial charge in [0.05, 0.1) is 17.6 Å². The minimum atomic E-state index is -3.62. The molecule has 2 N–H and O–H groups in total. The Bertz CT molecular complexity index is 475. The van der Waals surface area contributed by atoms with Crippen LogP contribution in [0.1, 0.15) is 6.42 Å². The van der Waals surface area contributed by atoms with Gasteiger partial charge in [-0.15, -0.1) is 11.3 Å². The molecule has 0 aliphatic heterocycles. The highest BCUT2D eigenvalue weighted by Gasteiger charge is 2.20. The highest BCUT2D eigenvalue weighted by molar-refractivity contribution is 7.89. The SMILES string of the molecule is O=S(=O)(NCCCOCCO)c1cc(Cl)sc1Cl. The summed E-state index contributed by atoms with van der Waals surface area (Å²) < 4.78 is 31.5. The van der Waals surface area contributed by atoms with Gasteiger partial charge in [0.25, 0.3) is 0 Å². The van der Waals surface area contributed by atoms with Crippen LogP contribution < -0.4 is 4.72 Å². The van der Waals surface area contributed by atoms with E-state index in [0.29, 0.717) is 17.4 Å². The lowest BCUT2D eigenvalue weighted by molar-refractivity contribution is 0.0913. The minimum Gasteiger partial charge on any atom is -0.394 e. The number of sulfonamides is 1. The van der Waals surface area contributed by atoms with E-state index in [9.17, 15) is 8.42 Å². The molecule has 1 heterocycles. The molecule has 0 spiro atoms. The van der Waals surface area contributed by atoms with E-state index in [1.165, 1.54) is 6.07 Å². The van der Waals surface area contributed by atoms with Crippen molar-refractivity contribution in [3.8, 4) is 0 Å². The average molecular weight is 334 g/mol. The Morgan fingerprint density at radius 1 is 1.39 bits per heavy atom. The predicted octanol–water partition coefficient (Wildman–Crippen LogP) is 1.73. The molecule has 0 radical (unpaired) electrons. The maximum absolute atomic E-state index is 11.8. The second-order valence-corrected chi connectivity index (χ2v) is 7.30. The molecule has 0 aromatic carbocycles. The van der Waals surface area contributed by atoms with Crippen molar-refractivity contribution >= 4 is 44.6 Å². The van der Waals surface area contributed by atoms with Gasteiger partial charge in [0, 0.05) is 13.2 Å². The van der Waals surface area contributed by atoms with Crippen LogP contribution in [-0.2, 0) is 14.8 Å². The molecular weight excluding hydrogens is 321 g/mol. The molecule has 0 amide bonds. The summed E-state index contributed by atoms with van der Waals surface area (Å²) in [6, 6.07) is 1.32. The average Bonchev–Trinajstić information content (AvgIpc) is 2.63. The van der Waals surface area contributed by atoms with E-state index in [-0.39, 0.29) is 29.0 Å². The zero-order valence-electron chi connectivity index (χ0n) is 9.36. The molecule has 1 rings (SSSR count). The number of ether oxygens (including phenoxy) is 1. The first kappa shape index (κ1) is 16.2. The minimum absolute atomic E-state index is 0.00422. The Kier molecular flexibility index (Phi) is 6.86. The lowest BCUT2D eigenvalue weighted by Gasteiger charge is -2.05. The number of hydrogen-bond acceptors (Lipinski definition) is 5. The van der Waals surface area contributed by atoms with E-state index in [2.05, 4.69) is 4.72 Å². The highest BCUT2D eigenvalue weighted by atomic mass is 35.5. The van der Waals surface area contributed by atoms with Crippen molar-refractivity contribution in [1.82, 2.24) is 4.72 Å². The molecule has 0 unspecified atom stereocenters. The molecule has 0 saturated carbocycles. The fourth-order valence-corrected chi connectivity index (χ4v) is 4.35. The van der Waals surface area contributed by atoms with E-state index in [4.69, 9.17) is 33.0 Å². The fraction of sp³-hybridized carbons (Fsp3) is 0.556. The summed E-state index contributed by atoms with van der Waals surface area (Å²) >= 11 is 12.5. The van der Waals surface area contributed by atoms with Crippen molar-refractivity contribution in [2.75, 3.05) is 26.4 Å². The molecular formula is C9H13Cl2NO4S2. The number of aliphatic hydroxyl groups excluding tert-OH is 1. The van der Waals surface area contributed by atoms with Gasteiger partial charge in [0.2, 0.25) is 10.0 Å². The summed E-state index contributed by atoms with van der Waals surface area (Å²) in [5, 5.41) is 8.47. The standard InChI is InChI=1S/C9H13Cl2NO4S2/c10-8-6-7(9(11)17-8)18(14,15)12-2-1-4-16-5-3-13/h6,12-13H,1-5H2. The van der Waals surface area contributed by atoms with Crippen LogP contribution in [-0.4, -0.2) is 39.9 Å². The molecule has 18 heavy (non-hydrogen) atoms. The van der Waals surface area contributed by atoms with Crippen molar-refractivity contribution in [2.45, 2.75) is 11.3 Å². The third-order valence-electron chi connectivity index (χ3n) is 1.91. The van der Waals surface area contributed by atoms with Gasteiger partial charge in [-0.05, 0) is 12.5 Å². The van der Waals surface area contributed by atoms with Gasteiger partial charge in [-0.3, -0.25) is 0 Å². The third kappa shape index (κ3) is 5.00. The third-order valence-corrected chi connectivity index (χ3v) is 5.12. The van der Waals surface area contributed by atoms with Crippen LogP contribution in [0.4, 0.5) is 0 Å². The van der Waals surface area contributed by atoms with Gasteiger partial charge in [-0.2, -0.15) is 0 Å². The Morgan fingerprint density at radius 3 is 2.67 bits per heavy atom. The molecule has 0 aliphatic rings. The first-order valence-electron chi connectivity index (χ1n) is 5.10. The molecule has 0 bridgehead atoms. The summed E-state index contributed by atoms with van der Waals surface area (Å²) in [6.07, 6.45) is 0.509. The first-order chi connectivity index (χ1) is 8.47. The van der Waals surface area contributed by atoms with Crippen LogP contribution in [0.15, 0.2) is 11.0 Å². The summed E-state index contributed by atoms with van der Waals surface area (Å²) in [5.41, 5.74) is 0. The van der Waals surface area contributed by atoms with E-state index in [1.54, 1.807) is 0 Å². The summed E-state index contributed by atoms with van der Waals surface area (Å²) in [6.45, 7) is 0.812. The molecule has 1 aromatic heterocycles. The Morgan fingerprint density at radius 2 is 2.11 bits per heavy atom. The summed E-state index contributed by atoms with van der Waals surface area (Å²) in [7, 11) is -3.62. The molecule has 1 aromatic rings.